The highest BCUT2D eigenvalue weighted by atomic mass is 19.4. The molecule has 106 valence electrons. The lowest BCUT2D eigenvalue weighted by molar-refractivity contribution is 0.305. The van der Waals surface area contributed by atoms with Gasteiger partial charge < -0.3 is 17.7 Å². The minimum absolute atomic E-state index is 0.273. The molecule has 0 radical (unpaired) electrons. The Labute approximate surface area is 111 Å². The molecule has 0 aliphatic carbocycles. The Bertz CT molecular complexity index is 617. The zero-order chi connectivity index (χ0) is 14.8. The van der Waals surface area contributed by atoms with Gasteiger partial charge in [-0.15, -0.1) is 0 Å². The first-order chi connectivity index (χ1) is 9.36. The van der Waals surface area contributed by atoms with E-state index < -0.39 is 29.8 Å². The minimum atomic E-state index is -5.40. The van der Waals surface area contributed by atoms with Crippen molar-refractivity contribution in [3.63, 3.8) is 0 Å². The molecule has 0 saturated carbocycles. The summed E-state index contributed by atoms with van der Waals surface area (Å²) in [5.74, 6) is -2.12. The van der Waals surface area contributed by atoms with Gasteiger partial charge in [-0.1, -0.05) is 5.46 Å². The predicted molar refractivity (Wildman–Crippen MR) is 63.6 cm³/mol. The summed E-state index contributed by atoms with van der Waals surface area (Å²) in [5.41, 5.74) is -0.885. The zero-order valence-electron chi connectivity index (χ0n) is 9.99. The summed E-state index contributed by atoms with van der Waals surface area (Å²) in [4.78, 5) is 3.55. The topological polar surface area (TPSA) is 22.1 Å². The van der Waals surface area contributed by atoms with Crippen LogP contribution in [0.4, 0.5) is 21.7 Å². The van der Waals surface area contributed by atoms with Crippen LogP contribution in [0.5, 0.6) is 5.75 Å². The lowest BCUT2D eigenvalue weighted by atomic mass is 9.79. The summed E-state index contributed by atoms with van der Waals surface area (Å²) < 4.78 is 69.0. The first-order valence-corrected chi connectivity index (χ1v) is 5.58. The highest BCUT2D eigenvalue weighted by Crippen LogP contribution is 2.19. The number of pyridine rings is 1. The van der Waals surface area contributed by atoms with Crippen LogP contribution in [0.25, 0.3) is 0 Å². The molecule has 8 heteroatoms. The third-order valence-electron chi connectivity index (χ3n) is 2.48. The van der Waals surface area contributed by atoms with Crippen LogP contribution >= 0.6 is 0 Å². The molecule has 1 heterocycles. The second-order valence-corrected chi connectivity index (χ2v) is 4.06. The Morgan fingerprint density at radius 3 is 2.40 bits per heavy atom. The summed E-state index contributed by atoms with van der Waals surface area (Å²) in [6.45, 7) is -5.70. The van der Waals surface area contributed by atoms with Gasteiger partial charge in [0.1, 0.15) is 18.2 Å². The highest BCUT2D eigenvalue weighted by Gasteiger charge is 2.29. The van der Waals surface area contributed by atoms with Crippen LogP contribution < -0.4 is 10.2 Å². The lowest BCUT2D eigenvalue weighted by Crippen LogP contribution is -2.35. The number of hydrogen-bond donors (Lipinski definition) is 0. The first-order valence-electron chi connectivity index (χ1n) is 5.58. The van der Waals surface area contributed by atoms with Gasteiger partial charge in [0.05, 0.1) is 11.9 Å². The SMILES string of the molecule is Fc1cncc(COc2ccc(F)cc2[B-](F)(F)F)c1. The Balaban J connectivity index is 2.21. The quantitative estimate of drug-likeness (QED) is 0.637. The van der Waals surface area contributed by atoms with E-state index in [1.54, 1.807) is 0 Å². The maximum atomic E-state index is 12.9. The standard InChI is InChI=1S/C12H8BF5NO/c14-9-1-2-12(11(4-9)13(16,17)18)20-7-8-3-10(15)6-19-5-8/h1-6H,7H2/q-1. The Morgan fingerprint density at radius 1 is 1.00 bits per heavy atom. The summed E-state index contributed by atoms with van der Waals surface area (Å²) in [7, 11) is 0. The van der Waals surface area contributed by atoms with Crippen molar-refractivity contribution < 1.29 is 26.5 Å². The maximum Gasteiger partial charge on any atom is 0.513 e. The molecule has 0 aliphatic rings. The van der Waals surface area contributed by atoms with Crippen LogP contribution in [-0.4, -0.2) is 12.0 Å². The van der Waals surface area contributed by atoms with Crippen molar-refractivity contribution in [2.24, 2.45) is 0 Å². The van der Waals surface area contributed by atoms with Crippen molar-refractivity contribution in [2.45, 2.75) is 6.61 Å². The van der Waals surface area contributed by atoms with Crippen molar-refractivity contribution in [3.05, 3.63) is 53.9 Å². The fourth-order valence-corrected chi connectivity index (χ4v) is 1.60. The van der Waals surface area contributed by atoms with E-state index >= 15 is 0 Å². The van der Waals surface area contributed by atoms with E-state index in [1.807, 2.05) is 0 Å². The number of hydrogen-bond acceptors (Lipinski definition) is 2. The van der Waals surface area contributed by atoms with Crippen LogP contribution in [0.1, 0.15) is 5.56 Å². The summed E-state index contributed by atoms with van der Waals surface area (Å²) in [5, 5.41) is 0. The summed E-state index contributed by atoms with van der Waals surface area (Å²) in [6, 6.07) is 3.23. The first kappa shape index (κ1) is 14.3. The monoisotopic (exact) mass is 288 g/mol. The molecule has 2 aromatic rings. The number of aromatic nitrogens is 1. The van der Waals surface area contributed by atoms with Crippen molar-refractivity contribution in [1.82, 2.24) is 4.98 Å². The molecular weight excluding hydrogens is 280 g/mol. The average molecular weight is 288 g/mol. The number of nitrogens with zero attached hydrogens (tertiary/aromatic N) is 1. The molecule has 0 fully saturated rings. The van der Waals surface area contributed by atoms with E-state index in [4.69, 9.17) is 4.74 Å². The number of rotatable bonds is 4. The molecule has 1 aromatic carbocycles. The summed E-state index contributed by atoms with van der Waals surface area (Å²) in [6.07, 6.45) is 2.23. The molecule has 0 aliphatic heterocycles. The van der Waals surface area contributed by atoms with E-state index in [2.05, 4.69) is 4.98 Å². The molecule has 0 saturated heterocycles. The highest BCUT2D eigenvalue weighted by molar-refractivity contribution is 6.74. The Kier molecular flexibility index (Phi) is 3.92. The van der Waals surface area contributed by atoms with Gasteiger partial charge in [-0.3, -0.25) is 4.98 Å². The fraction of sp³-hybridized carbons (Fsp3) is 0.0833. The van der Waals surface area contributed by atoms with Crippen molar-refractivity contribution >= 4 is 12.4 Å². The Morgan fingerprint density at radius 2 is 1.75 bits per heavy atom. The van der Waals surface area contributed by atoms with Gasteiger partial charge in [0, 0.05) is 11.8 Å². The van der Waals surface area contributed by atoms with Gasteiger partial charge in [0.2, 0.25) is 0 Å². The lowest BCUT2D eigenvalue weighted by Gasteiger charge is -2.19. The van der Waals surface area contributed by atoms with Gasteiger partial charge in [-0.25, -0.2) is 8.78 Å². The van der Waals surface area contributed by atoms with E-state index in [1.165, 1.54) is 6.20 Å². The third-order valence-corrected chi connectivity index (χ3v) is 2.48. The van der Waals surface area contributed by atoms with E-state index in [0.717, 1.165) is 24.4 Å². The van der Waals surface area contributed by atoms with Gasteiger partial charge in [0.15, 0.2) is 0 Å². The second kappa shape index (κ2) is 5.48. The molecule has 20 heavy (non-hydrogen) atoms. The normalized spacial score (nSPS) is 11.4. The molecule has 1 aromatic heterocycles. The van der Waals surface area contributed by atoms with E-state index in [9.17, 15) is 21.7 Å². The average Bonchev–Trinajstić information content (AvgIpc) is 2.36. The molecule has 0 amide bonds. The number of halogens is 5. The summed E-state index contributed by atoms with van der Waals surface area (Å²) >= 11 is 0. The van der Waals surface area contributed by atoms with Gasteiger partial charge in [0.25, 0.3) is 0 Å². The predicted octanol–water partition coefficient (Wildman–Crippen LogP) is 2.99. The van der Waals surface area contributed by atoms with Crippen LogP contribution in [0, 0.1) is 11.6 Å². The fourth-order valence-electron chi connectivity index (χ4n) is 1.60. The number of benzene rings is 1. The third kappa shape index (κ3) is 3.46. The molecule has 0 atom stereocenters. The molecule has 2 nitrogen and oxygen atoms in total. The zero-order valence-corrected chi connectivity index (χ0v) is 9.99. The van der Waals surface area contributed by atoms with Crippen LogP contribution in [0.3, 0.4) is 0 Å². The number of ether oxygens (including phenoxy) is 1. The Hall–Kier alpha value is -2.12. The largest absolute Gasteiger partial charge is 0.513 e. The maximum absolute atomic E-state index is 12.9. The van der Waals surface area contributed by atoms with Gasteiger partial charge >= 0.3 is 6.98 Å². The van der Waals surface area contributed by atoms with Crippen LogP contribution in [0.15, 0.2) is 36.7 Å². The minimum Gasteiger partial charge on any atom is -0.492 e. The molecule has 0 bridgehead atoms. The van der Waals surface area contributed by atoms with E-state index in [0.29, 0.717) is 6.07 Å². The van der Waals surface area contributed by atoms with Crippen molar-refractivity contribution in [3.8, 4) is 5.75 Å². The van der Waals surface area contributed by atoms with Crippen molar-refractivity contribution in [2.75, 3.05) is 0 Å². The van der Waals surface area contributed by atoms with Crippen molar-refractivity contribution in [1.29, 1.82) is 0 Å². The molecule has 0 unspecified atom stereocenters. The van der Waals surface area contributed by atoms with E-state index in [-0.39, 0.29) is 12.2 Å². The molecular formula is C12H8BF5NO-. The molecule has 0 spiro atoms. The second-order valence-electron chi connectivity index (χ2n) is 4.06. The molecule has 0 N–H and O–H groups in total. The van der Waals surface area contributed by atoms with Gasteiger partial charge in [-0.2, -0.15) is 0 Å². The molecule has 2 rings (SSSR count). The van der Waals surface area contributed by atoms with Gasteiger partial charge in [-0.05, 0) is 24.3 Å². The van der Waals surface area contributed by atoms with Crippen LogP contribution in [0.2, 0.25) is 0 Å². The van der Waals surface area contributed by atoms with Crippen LogP contribution in [-0.2, 0) is 6.61 Å². The smallest absolute Gasteiger partial charge is 0.492 e.